The average Bonchev–Trinajstić information content (AvgIpc) is 3.13. The normalized spacial score (nSPS) is 18.4. The molecule has 4 nitrogen and oxygen atoms in total. The quantitative estimate of drug-likeness (QED) is 0.762. The molecule has 0 spiro atoms. The Hall–Kier alpha value is -1.93. The standard InChI is InChI=1S/C19H22F3N3OS/c20-19(21,22)15-4-6-16(7-5-15)24-18(26)8-3-14-2-1-9-25(10-14)11-17-12-27-13-23-17/h4-7,12-14H,1-3,8-11H2,(H,24,26)/t14-/m1/s1. The second-order valence-corrected chi connectivity index (χ2v) is 7.60. The molecule has 2 heterocycles. The summed E-state index contributed by atoms with van der Waals surface area (Å²) >= 11 is 1.59. The first-order valence-electron chi connectivity index (χ1n) is 8.96. The Labute approximate surface area is 160 Å². The number of thiazole rings is 1. The molecule has 3 rings (SSSR count). The van der Waals surface area contributed by atoms with Crippen LogP contribution in [0.1, 0.15) is 36.9 Å². The van der Waals surface area contributed by atoms with Crippen LogP contribution in [0.2, 0.25) is 0 Å². The van der Waals surface area contributed by atoms with Gasteiger partial charge in [0, 0.05) is 30.6 Å². The van der Waals surface area contributed by atoms with Crippen molar-refractivity contribution in [3.05, 3.63) is 46.4 Å². The second kappa shape index (κ2) is 8.84. The van der Waals surface area contributed by atoms with Gasteiger partial charge in [0.2, 0.25) is 5.91 Å². The minimum atomic E-state index is -4.37. The third-order valence-corrected chi connectivity index (χ3v) is 5.38. The molecule has 27 heavy (non-hydrogen) atoms. The highest BCUT2D eigenvalue weighted by atomic mass is 32.1. The van der Waals surface area contributed by atoms with E-state index in [1.165, 1.54) is 12.1 Å². The lowest BCUT2D eigenvalue weighted by atomic mass is 9.93. The highest BCUT2D eigenvalue weighted by Gasteiger charge is 2.30. The first-order chi connectivity index (χ1) is 12.9. The van der Waals surface area contributed by atoms with Crippen molar-refractivity contribution in [3.63, 3.8) is 0 Å². The Morgan fingerprint density at radius 1 is 1.30 bits per heavy atom. The molecule has 0 aliphatic carbocycles. The molecule has 1 atom stereocenters. The van der Waals surface area contributed by atoms with Gasteiger partial charge in [0.15, 0.2) is 0 Å². The van der Waals surface area contributed by atoms with Crippen molar-refractivity contribution < 1.29 is 18.0 Å². The molecule has 1 saturated heterocycles. The Morgan fingerprint density at radius 3 is 2.74 bits per heavy atom. The van der Waals surface area contributed by atoms with Crippen LogP contribution in [0.25, 0.3) is 0 Å². The first-order valence-corrected chi connectivity index (χ1v) is 9.91. The first kappa shape index (κ1) is 19.8. The SMILES string of the molecule is O=C(CC[C@H]1CCCN(Cc2cscn2)C1)Nc1ccc(C(F)(F)F)cc1. The number of anilines is 1. The van der Waals surface area contributed by atoms with Crippen LogP contribution < -0.4 is 5.32 Å². The molecule has 1 aliphatic heterocycles. The van der Waals surface area contributed by atoms with Gasteiger partial charge in [0.25, 0.3) is 0 Å². The van der Waals surface area contributed by atoms with Crippen molar-refractivity contribution in [2.75, 3.05) is 18.4 Å². The summed E-state index contributed by atoms with van der Waals surface area (Å²) in [7, 11) is 0. The average molecular weight is 397 g/mol. The van der Waals surface area contributed by atoms with Gasteiger partial charge in [-0.05, 0) is 56.0 Å². The molecule has 1 aliphatic rings. The summed E-state index contributed by atoms with van der Waals surface area (Å²) in [4.78, 5) is 18.8. The highest BCUT2D eigenvalue weighted by Crippen LogP contribution is 2.30. The maximum atomic E-state index is 12.6. The number of carbonyl (C=O) groups is 1. The molecule has 0 bridgehead atoms. The fourth-order valence-corrected chi connectivity index (χ4v) is 3.93. The van der Waals surface area contributed by atoms with Crippen LogP contribution in [0.15, 0.2) is 35.2 Å². The van der Waals surface area contributed by atoms with E-state index in [-0.39, 0.29) is 5.91 Å². The van der Waals surface area contributed by atoms with Gasteiger partial charge in [-0.15, -0.1) is 11.3 Å². The Morgan fingerprint density at radius 2 is 2.07 bits per heavy atom. The van der Waals surface area contributed by atoms with E-state index in [4.69, 9.17) is 0 Å². The third kappa shape index (κ3) is 6.04. The fraction of sp³-hybridized carbons (Fsp3) is 0.474. The van der Waals surface area contributed by atoms with Crippen molar-refractivity contribution in [3.8, 4) is 0 Å². The van der Waals surface area contributed by atoms with Crippen molar-refractivity contribution in [2.24, 2.45) is 5.92 Å². The van der Waals surface area contributed by atoms with E-state index in [0.717, 1.165) is 56.7 Å². The largest absolute Gasteiger partial charge is 0.416 e. The van der Waals surface area contributed by atoms with Crippen LogP contribution >= 0.6 is 11.3 Å². The van der Waals surface area contributed by atoms with E-state index in [1.54, 1.807) is 11.3 Å². The topological polar surface area (TPSA) is 45.2 Å². The molecule has 1 aromatic heterocycles. The lowest BCUT2D eigenvalue weighted by Gasteiger charge is -2.32. The van der Waals surface area contributed by atoms with Crippen LogP contribution in [0.4, 0.5) is 18.9 Å². The molecular formula is C19H22F3N3OS. The number of nitrogens with one attached hydrogen (secondary N) is 1. The summed E-state index contributed by atoms with van der Waals surface area (Å²) in [5, 5.41) is 4.74. The van der Waals surface area contributed by atoms with E-state index < -0.39 is 11.7 Å². The van der Waals surface area contributed by atoms with Gasteiger partial charge in [-0.25, -0.2) is 4.98 Å². The number of alkyl halides is 3. The van der Waals surface area contributed by atoms with Crippen LogP contribution in [0, 0.1) is 5.92 Å². The van der Waals surface area contributed by atoms with E-state index in [1.807, 2.05) is 5.51 Å². The Balaban J connectivity index is 1.43. The summed E-state index contributed by atoms with van der Waals surface area (Å²) in [5.74, 6) is 0.294. The predicted molar refractivity (Wildman–Crippen MR) is 99.4 cm³/mol. The second-order valence-electron chi connectivity index (χ2n) is 6.89. The Bertz CT molecular complexity index is 732. The van der Waals surface area contributed by atoms with E-state index in [9.17, 15) is 18.0 Å². The zero-order valence-corrected chi connectivity index (χ0v) is 15.7. The number of piperidine rings is 1. The predicted octanol–water partition coefficient (Wildman–Crippen LogP) is 4.79. The van der Waals surface area contributed by atoms with Gasteiger partial charge < -0.3 is 5.32 Å². The lowest BCUT2D eigenvalue weighted by Crippen LogP contribution is -2.35. The fourth-order valence-electron chi connectivity index (χ4n) is 3.38. The van der Waals surface area contributed by atoms with E-state index >= 15 is 0 Å². The summed E-state index contributed by atoms with van der Waals surface area (Å²) in [5.41, 5.74) is 2.59. The number of halogens is 3. The smallest absolute Gasteiger partial charge is 0.326 e. The number of nitrogens with zero attached hydrogens (tertiary/aromatic N) is 2. The summed E-state index contributed by atoms with van der Waals surface area (Å²) < 4.78 is 37.7. The monoisotopic (exact) mass is 397 g/mol. The molecule has 0 saturated carbocycles. The molecule has 2 aromatic rings. The van der Waals surface area contributed by atoms with Crippen LogP contribution in [0.3, 0.4) is 0 Å². The lowest BCUT2D eigenvalue weighted by molar-refractivity contribution is -0.137. The zero-order valence-electron chi connectivity index (χ0n) is 14.8. The van der Waals surface area contributed by atoms with Crippen LogP contribution in [-0.4, -0.2) is 28.9 Å². The van der Waals surface area contributed by atoms with Gasteiger partial charge in [0.1, 0.15) is 0 Å². The minimum absolute atomic E-state index is 0.161. The summed E-state index contributed by atoms with van der Waals surface area (Å²) in [6, 6.07) is 4.54. The number of amides is 1. The molecule has 146 valence electrons. The highest BCUT2D eigenvalue weighted by molar-refractivity contribution is 7.07. The molecule has 0 radical (unpaired) electrons. The van der Waals surface area contributed by atoms with E-state index in [2.05, 4.69) is 20.6 Å². The number of rotatable bonds is 6. The maximum absolute atomic E-state index is 12.6. The van der Waals surface area contributed by atoms with Gasteiger partial charge in [-0.3, -0.25) is 9.69 Å². The van der Waals surface area contributed by atoms with Gasteiger partial charge in [0.05, 0.1) is 16.8 Å². The van der Waals surface area contributed by atoms with Crippen molar-refractivity contribution in [1.29, 1.82) is 0 Å². The Kier molecular flexibility index (Phi) is 6.49. The number of hydrogen-bond acceptors (Lipinski definition) is 4. The van der Waals surface area contributed by atoms with E-state index in [0.29, 0.717) is 18.0 Å². The summed E-state index contributed by atoms with van der Waals surface area (Å²) in [6.45, 7) is 2.84. The van der Waals surface area contributed by atoms with Crippen LogP contribution in [0.5, 0.6) is 0 Å². The summed E-state index contributed by atoms with van der Waals surface area (Å²) in [6.07, 6.45) is -1.01. The van der Waals surface area contributed by atoms with Crippen molar-refractivity contribution >= 4 is 22.9 Å². The number of hydrogen-bond donors (Lipinski definition) is 1. The number of carbonyl (C=O) groups excluding carboxylic acids is 1. The third-order valence-electron chi connectivity index (χ3n) is 4.75. The van der Waals surface area contributed by atoms with Gasteiger partial charge in [-0.2, -0.15) is 13.2 Å². The van der Waals surface area contributed by atoms with Crippen LogP contribution in [-0.2, 0) is 17.5 Å². The molecule has 0 unspecified atom stereocenters. The molecule has 1 amide bonds. The van der Waals surface area contributed by atoms with Gasteiger partial charge in [-0.1, -0.05) is 0 Å². The minimum Gasteiger partial charge on any atom is -0.326 e. The molecule has 1 fully saturated rings. The molecular weight excluding hydrogens is 375 g/mol. The number of likely N-dealkylation sites (tertiary alicyclic amines) is 1. The van der Waals surface area contributed by atoms with Gasteiger partial charge >= 0.3 is 6.18 Å². The number of aromatic nitrogens is 1. The molecule has 1 N–H and O–H groups in total. The maximum Gasteiger partial charge on any atom is 0.416 e. The number of benzene rings is 1. The molecule has 8 heteroatoms. The van der Waals surface area contributed by atoms with Crippen molar-refractivity contribution in [1.82, 2.24) is 9.88 Å². The van der Waals surface area contributed by atoms with Crippen molar-refractivity contribution in [2.45, 2.75) is 38.4 Å². The zero-order chi connectivity index (χ0) is 19.3. The molecule has 1 aromatic carbocycles.